The van der Waals surface area contributed by atoms with Gasteiger partial charge in [0.05, 0.1) is 11.5 Å². The van der Waals surface area contributed by atoms with Crippen LogP contribution in [0.1, 0.15) is 19.4 Å². The molecule has 1 rings (SSSR count). The Morgan fingerprint density at radius 1 is 1.57 bits per heavy atom. The highest BCUT2D eigenvalue weighted by molar-refractivity contribution is 5.08. The molecule has 74 valence electrons. The largest absolute Gasteiger partial charge is 0.311 e. The van der Waals surface area contributed by atoms with Crippen LogP contribution in [0.5, 0.6) is 0 Å². The molecule has 0 unspecified atom stereocenters. The van der Waals surface area contributed by atoms with Crippen molar-refractivity contribution in [1.82, 2.24) is 10.3 Å². The molecule has 14 heavy (non-hydrogen) atoms. The molecule has 0 saturated carbocycles. The molecular formula is C11H15N3. The van der Waals surface area contributed by atoms with Crippen LogP contribution in [0.3, 0.4) is 0 Å². The number of nitrogens with zero attached hydrogens (tertiary/aromatic N) is 2. The number of aromatic nitrogens is 1. The summed E-state index contributed by atoms with van der Waals surface area (Å²) < 4.78 is 0. The third-order valence-electron chi connectivity index (χ3n) is 1.92. The molecule has 0 saturated heterocycles. The van der Waals surface area contributed by atoms with Crippen LogP contribution in [0, 0.1) is 16.7 Å². The minimum Gasteiger partial charge on any atom is -0.311 e. The second-order valence-electron chi connectivity index (χ2n) is 3.96. The Morgan fingerprint density at radius 3 is 2.93 bits per heavy atom. The van der Waals surface area contributed by atoms with E-state index in [0.29, 0.717) is 6.54 Å². The molecule has 0 bridgehead atoms. The third kappa shape index (κ3) is 3.55. The summed E-state index contributed by atoms with van der Waals surface area (Å²) in [6.45, 7) is 5.30. The second-order valence-corrected chi connectivity index (χ2v) is 3.96. The van der Waals surface area contributed by atoms with E-state index in [1.54, 1.807) is 6.20 Å². The zero-order valence-electron chi connectivity index (χ0n) is 8.62. The molecule has 1 aromatic rings. The summed E-state index contributed by atoms with van der Waals surface area (Å²) in [5.74, 6) is 0. The van der Waals surface area contributed by atoms with Gasteiger partial charge in [-0.15, -0.1) is 0 Å². The molecule has 1 aromatic heterocycles. The van der Waals surface area contributed by atoms with E-state index in [1.165, 1.54) is 0 Å². The molecule has 0 radical (unpaired) electrons. The summed E-state index contributed by atoms with van der Waals surface area (Å²) in [4.78, 5) is 4.01. The molecule has 1 heterocycles. The van der Waals surface area contributed by atoms with E-state index in [-0.39, 0.29) is 5.41 Å². The van der Waals surface area contributed by atoms with Crippen molar-refractivity contribution < 1.29 is 0 Å². The van der Waals surface area contributed by atoms with E-state index < -0.39 is 0 Å². The van der Waals surface area contributed by atoms with Crippen molar-refractivity contribution in [3.63, 3.8) is 0 Å². The highest BCUT2D eigenvalue weighted by Crippen LogP contribution is 2.10. The van der Waals surface area contributed by atoms with Gasteiger partial charge in [-0.2, -0.15) is 5.26 Å². The standard InChI is InChI=1S/C11H15N3/c1-11(2,8-12)9-14-7-10-4-3-5-13-6-10/h3-6,14H,7,9H2,1-2H3. The van der Waals surface area contributed by atoms with Gasteiger partial charge in [-0.05, 0) is 25.5 Å². The number of pyridine rings is 1. The van der Waals surface area contributed by atoms with E-state index in [2.05, 4.69) is 16.4 Å². The fourth-order valence-corrected chi connectivity index (χ4v) is 1.06. The zero-order valence-corrected chi connectivity index (χ0v) is 8.62. The maximum atomic E-state index is 8.79. The quantitative estimate of drug-likeness (QED) is 0.784. The lowest BCUT2D eigenvalue weighted by atomic mass is 9.96. The molecule has 3 heteroatoms. The molecular weight excluding hydrogens is 174 g/mol. The predicted molar refractivity (Wildman–Crippen MR) is 55.3 cm³/mol. The van der Waals surface area contributed by atoms with Gasteiger partial charge in [-0.25, -0.2) is 0 Å². The van der Waals surface area contributed by atoms with Crippen LogP contribution >= 0.6 is 0 Å². The molecule has 0 atom stereocenters. The molecule has 0 fully saturated rings. The summed E-state index contributed by atoms with van der Waals surface area (Å²) in [5, 5.41) is 12.0. The Hall–Kier alpha value is -1.40. The van der Waals surface area contributed by atoms with Crippen molar-refractivity contribution in [2.45, 2.75) is 20.4 Å². The van der Waals surface area contributed by atoms with Crippen molar-refractivity contribution in [2.75, 3.05) is 6.54 Å². The van der Waals surface area contributed by atoms with Gasteiger partial charge in [0.25, 0.3) is 0 Å². The fraction of sp³-hybridized carbons (Fsp3) is 0.455. The Morgan fingerprint density at radius 2 is 2.36 bits per heavy atom. The normalized spacial score (nSPS) is 10.9. The summed E-state index contributed by atoms with van der Waals surface area (Å²) in [6, 6.07) is 6.17. The first-order chi connectivity index (χ1) is 6.64. The van der Waals surface area contributed by atoms with Crippen LogP contribution in [-0.2, 0) is 6.54 Å². The number of hydrogen-bond donors (Lipinski definition) is 1. The van der Waals surface area contributed by atoms with Gasteiger partial charge in [0, 0.05) is 25.5 Å². The minimum atomic E-state index is -0.303. The van der Waals surface area contributed by atoms with E-state index in [0.717, 1.165) is 12.1 Å². The first kappa shape index (κ1) is 10.7. The van der Waals surface area contributed by atoms with Crippen molar-refractivity contribution in [2.24, 2.45) is 5.41 Å². The molecule has 0 amide bonds. The average molecular weight is 189 g/mol. The Kier molecular flexibility index (Phi) is 3.61. The first-order valence-corrected chi connectivity index (χ1v) is 4.65. The van der Waals surface area contributed by atoms with Crippen molar-refractivity contribution in [3.05, 3.63) is 30.1 Å². The van der Waals surface area contributed by atoms with Gasteiger partial charge in [0.1, 0.15) is 0 Å². The van der Waals surface area contributed by atoms with Gasteiger partial charge in [-0.3, -0.25) is 4.98 Å². The van der Waals surface area contributed by atoms with Crippen molar-refractivity contribution in [1.29, 1.82) is 5.26 Å². The second kappa shape index (κ2) is 4.73. The molecule has 0 aliphatic rings. The Labute approximate surface area is 84.8 Å². The van der Waals surface area contributed by atoms with Gasteiger partial charge < -0.3 is 5.32 Å². The molecule has 0 aromatic carbocycles. The Balaban J connectivity index is 2.34. The topological polar surface area (TPSA) is 48.7 Å². The average Bonchev–Trinajstić information content (AvgIpc) is 2.19. The van der Waals surface area contributed by atoms with Gasteiger partial charge >= 0.3 is 0 Å². The van der Waals surface area contributed by atoms with Gasteiger partial charge in [-0.1, -0.05) is 6.07 Å². The predicted octanol–water partition coefficient (Wildman–Crippen LogP) is 1.72. The highest BCUT2D eigenvalue weighted by Gasteiger charge is 2.15. The van der Waals surface area contributed by atoms with E-state index in [1.807, 2.05) is 32.2 Å². The summed E-state index contributed by atoms with van der Waals surface area (Å²) in [5.41, 5.74) is 0.837. The number of hydrogen-bond acceptors (Lipinski definition) is 3. The van der Waals surface area contributed by atoms with Crippen LogP contribution in [-0.4, -0.2) is 11.5 Å². The summed E-state index contributed by atoms with van der Waals surface area (Å²) >= 11 is 0. The number of nitriles is 1. The highest BCUT2D eigenvalue weighted by atomic mass is 14.9. The SMILES string of the molecule is CC(C)(C#N)CNCc1cccnc1. The van der Waals surface area contributed by atoms with Crippen LogP contribution in [0.4, 0.5) is 0 Å². The van der Waals surface area contributed by atoms with Crippen LogP contribution in [0.15, 0.2) is 24.5 Å². The van der Waals surface area contributed by atoms with Crippen molar-refractivity contribution >= 4 is 0 Å². The van der Waals surface area contributed by atoms with Crippen molar-refractivity contribution in [3.8, 4) is 6.07 Å². The summed E-state index contributed by atoms with van der Waals surface area (Å²) in [6.07, 6.45) is 3.58. The maximum absolute atomic E-state index is 8.79. The lowest BCUT2D eigenvalue weighted by Gasteiger charge is -2.15. The van der Waals surface area contributed by atoms with E-state index in [9.17, 15) is 0 Å². The molecule has 1 N–H and O–H groups in total. The number of rotatable bonds is 4. The lowest BCUT2D eigenvalue weighted by molar-refractivity contribution is 0.445. The zero-order chi connectivity index (χ0) is 10.4. The first-order valence-electron chi connectivity index (χ1n) is 4.65. The lowest BCUT2D eigenvalue weighted by Crippen LogP contribution is -2.27. The maximum Gasteiger partial charge on any atom is 0.0697 e. The van der Waals surface area contributed by atoms with Crippen LogP contribution in [0.2, 0.25) is 0 Å². The molecule has 0 aliphatic carbocycles. The molecule has 0 aliphatic heterocycles. The Bertz CT molecular complexity index is 311. The van der Waals surface area contributed by atoms with Crippen LogP contribution in [0.25, 0.3) is 0 Å². The minimum absolute atomic E-state index is 0.303. The smallest absolute Gasteiger partial charge is 0.0697 e. The summed E-state index contributed by atoms with van der Waals surface area (Å²) in [7, 11) is 0. The third-order valence-corrected chi connectivity index (χ3v) is 1.92. The number of nitrogens with one attached hydrogen (secondary N) is 1. The van der Waals surface area contributed by atoms with Crippen LogP contribution < -0.4 is 5.32 Å². The molecule has 3 nitrogen and oxygen atoms in total. The van der Waals surface area contributed by atoms with Gasteiger partial charge in [0.2, 0.25) is 0 Å². The van der Waals surface area contributed by atoms with E-state index in [4.69, 9.17) is 5.26 Å². The van der Waals surface area contributed by atoms with Gasteiger partial charge in [0.15, 0.2) is 0 Å². The van der Waals surface area contributed by atoms with E-state index >= 15 is 0 Å². The monoisotopic (exact) mass is 189 g/mol. The fourth-order valence-electron chi connectivity index (χ4n) is 1.06. The molecule has 0 spiro atoms.